The van der Waals surface area contributed by atoms with Crippen molar-refractivity contribution in [2.24, 2.45) is 11.8 Å². The van der Waals surface area contributed by atoms with Crippen molar-refractivity contribution >= 4 is 26.5 Å². The quantitative estimate of drug-likeness (QED) is 0.345. The number of aromatic nitrogens is 1. The Bertz CT molecular complexity index is 1450. The number of alkyl halides is 3. The Balaban J connectivity index is 1.45. The minimum Gasteiger partial charge on any atom is -0.477 e. The number of amides is 1. The summed E-state index contributed by atoms with van der Waals surface area (Å²) in [5.41, 5.74) is 1.57. The van der Waals surface area contributed by atoms with Crippen molar-refractivity contribution in [3.05, 3.63) is 65.4 Å². The topological polar surface area (TPSA) is 106 Å². The van der Waals surface area contributed by atoms with Gasteiger partial charge in [0.2, 0.25) is 5.88 Å². The average Bonchev–Trinajstić information content (AvgIpc) is 2.93. The number of fused-ring (bicyclic) bond motifs is 1. The summed E-state index contributed by atoms with van der Waals surface area (Å²) >= 11 is 0. The van der Waals surface area contributed by atoms with E-state index in [0.29, 0.717) is 46.3 Å². The third kappa shape index (κ3) is 6.93. The molecule has 0 spiro atoms. The van der Waals surface area contributed by atoms with Crippen LogP contribution in [0.2, 0.25) is 0 Å². The maximum absolute atomic E-state index is 13.1. The fourth-order valence-corrected chi connectivity index (χ4v) is 5.89. The first-order valence-corrected chi connectivity index (χ1v) is 14.9. The number of hydrogen-bond donors (Lipinski definition) is 2. The molecule has 1 aliphatic carbocycles. The highest BCUT2D eigenvalue weighted by molar-refractivity contribution is 7.91. The summed E-state index contributed by atoms with van der Waals surface area (Å²) in [7, 11) is -3.37. The standard InChI is InChI=1S/C29H33F3N2O5S/c1-3-40(37,38)24-11-6-20(7-12-24)26(16-35)34-27(36)21-8-13-25-22(15-21)14-18(2)33-28(25)39-17-19-4-9-23(10-5-19)29(30,31)32/h6-8,11-15,19,23,26,35H,3-5,9-10,16-17H2,1-2H3,(H,34,36)/t19?,23?,26-/m0/s1. The van der Waals surface area contributed by atoms with Gasteiger partial charge in [0.25, 0.3) is 5.91 Å². The van der Waals surface area contributed by atoms with Crippen molar-refractivity contribution in [1.29, 1.82) is 0 Å². The van der Waals surface area contributed by atoms with E-state index in [4.69, 9.17) is 4.74 Å². The number of aryl methyl sites for hydroxylation is 1. The van der Waals surface area contributed by atoms with E-state index in [2.05, 4.69) is 10.3 Å². The van der Waals surface area contributed by atoms with Crippen molar-refractivity contribution in [2.45, 2.75) is 56.6 Å². The first kappa shape index (κ1) is 29.8. The molecule has 1 amide bonds. The summed E-state index contributed by atoms with van der Waals surface area (Å²) in [5, 5.41) is 14.1. The third-order valence-corrected chi connectivity index (χ3v) is 9.21. The first-order valence-electron chi connectivity index (χ1n) is 13.3. The maximum Gasteiger partial charge on any atom is 0.391 e. The van der Waals surface area contributed by atoms with Gasteiger partial charge in [-0.2, -0.15) is 13.2 Å². The van der Waals surface area contributed by atoms with Crippen molar-refractivity contribution in [3.8, 4) is 5.88 Å². The second-order valence-corrected chi connectivity index (χ2v) is 12.5. The molecule has 2 aromatic carbocycles. The van der Waals surface area contributed by atoms with Crippen LogP contribution >= 0.6 is 0 Å². The highest BCUT2D eigenvalue weighted by atomic mass is 32.2. The summed E-state index contributed by atoms with van der Waals surface area (Å²) in [6, 6.07) is 12.1. The van der Waals surface area contributed by atoms with Crippen LogP contribution < -0.4 is 10.1 Å². The van der Waals surface area contributed by atoms with Crippen LogP contribution in [0.5, 0.6) is 5.88 Å². The number of rotatable bonds is 9. The molecular weight excluding hydrogens is 545 g/mol. The normalized spacial score (nSPS) is 18.9. The SMILES string of the molecule is CCS(=O)(=O)c1ccc([C@H](CO)NC(=O)c2ccc3c(OCC4CCC(C(F)(F)F)CC4)nc(C)cc3c2)cc1. The maximum atomic E-state index is 13.1. The summed E-state index contributed by atoms with van der Waals surface area (Å²) in [4.78, 5) is 17.7. The average molecular weight is 579 g/mol. The lowest BCUT2D eigenvalue weighted by atomic mass is 9.82. The molecule has 0 bridgehead atoms. The number of pyridine rings is 1. The Morgan fingerprint density at radius 3 is 2.38 bits per heavy atom. The molecule has 2 N–H and O–H groups in total. The number of ether oxygens (including phenoxy) is 1. The molecule has 0 radical (unpaired) electrons. The van der Waals surface area contributed by atoms with Crippen molar-refractivity contribution in [3.63, 3.8) is 0 Å². The van der Waals surface area contributed by atoms with Gasteiger partial charge in [-0.3, -0.25) is 4.79 Å². The van der Waals surface area contributed by atoms with Crippen LogP contribution in [-0.4, -0.2) is 49.6 Å². The summed E-state index contributed by atoms with van der Waals surface area (Å²) in [6.45, 7) is 3.24. The number of sulfone groups is 1. The van der Waals surface area contributed by atoms with Gasteiger partial charge in [-0.15, -0.1) is 0 Å². The fraction of sp³-hybridized carbons (Fsp3) is 0.448. The predicted octanol–water partition coefficient (Wildman–Crippen LogP) is 5.55. The monoisotopic (exact) mass is 578 g/mol. The lowest BCUT2D eigenvalue weighted by Crippen LogP contribution is -2.30. The zero-order valence-electron chi connectivity index (χ0n) is 22.4. The van der Waals surface area contributed by atoms with Crippen LogP contribution in [0.15, 0.2) is 53.4 Å². The Labute approximate surface area is 231 Å². The Morgan fingerprint density at radius 1 is 1.10 bits per heavy atom. The van der Waals surface area contributed by atoms with Gasteiger partial charge in [0, 0.05) is 16.6 Å². The zero-order chi connectivity index (χ0) is 29.1. The highest BCUT2D eigenvalue weighted by Gasteiger charge is 2.41. The summed E-state index contributed by atoms with van der Waals surface area (Å²) in [6.07, 6.45) is -3.05. The number of carbonyl (C=O) groups excluding carboxylic acids is 1. The Morgan fingerprint density at radius 2 is 1.77 bits per heavy atom. The van der Waals surface area contributed by atoms with E-state index in [1.54, 1.807) is 44.2 Å². The predicted molar refractivity (Wildman–Crippen MR) is 145 cm³/mol. The van der Waals surface area contributed by atoms with Gasteiger partial charge in [0.15, 0.2) is 9.84 Å². The van der Waals surface area contributed by atoms with E-state index < -0.39 is 33.9 Å². The van der Waals surface area contributed by atoms with Crippen LogP contribution in [0, 0.1) is 18.8 Å². The smallest absolute Gasteiger partial charge is 0.391 e. The summed E-state index contributed by atoms with van der Waals surface area (Å²) in [5.74, 6) is -1.31. The van der Waals surface area contributed by atoms with Gasteiger partial charge < -0.3 is 15.2 Å². The van der Waals surface area contributed by atoms with E-state index >= 15 is 0 Å². The first-order chi connectivity index (χ1) is 18.9. The Kier molecular flexibility index (Phi) is 9.04. The second-order valence-electron chi connectivity index (χ2n) is 10.3. The van der Waals surface area contributed by atoms with E-state index in [0.717, 1.165) is 0 Å². The molecule has 1 heterocycles. The largest absolute Gasteiger partial charge is 0.477 e. The highest BCUT2D eigenvalue weighted by Crippen LogP contribution is 2.39. The van der Waals surface area contributed by atoms with E-state index in [-0.39, 0.29) is 42.6 Å². The minimum atomic E-state index is -4.15. The van der Waals surface area contributed by atoms with Gasteiger partial charge in [-0.05, 0) is 85.9 Å². The molecule has 1 saturated carbocycles. The molecule has 1 aromatic heterocycles. The number of halogens is 3. The van der Waals surface area contributed by atoms with Crippen molar-refractivity contribution in [1.82, 2.24) is 10.3 Å². The van der Waals surface area contributed by atoms with Gasteiger partial charge >= 0.3 is 6.18 Å². The number of benzene rings is 2. The number of nitrogens with one attached hydrogen (secondary N) is 1. The van der Waals surface area contributed by atoms with Crippen molar-refractivity contribution < 1.29 is 36.2 Å². The van der Waals surface area contributed by atoms with Gasteiger partial charge in [0.1, 0.15) is 0 Å². The molecule has 40 heavy (non-hydrogen) atoms. The third-order valence-electron chi connectivity index (χ3n) is 7.46. The number of carbonyl (C=O) groups is 1. The molecule has 7 nitrogen and oxygen atoms in total. The molecule has 216 valence electrons. The van der Waals surface area contributed by atoms with Crippen LogP contribution in [0.4, 0.5) is 13.2 Å². The molecule has 1 aliphatic rings. The molecule has 4 rings (SSSR count). The zero-order valence-corrected chi connectivity index (χ0v) is 23.2. The minimum absolute atomic E-state index is 0.0209. The molecule has 1 fully saturated rings. The molecule has 3 aromatic rings. The molecular formula is C29H33F3N2O5S. The van der Waals surface area contributed by atoms with E-state index in [1.807, 2.05) is 6.07 Å². The van der Waals surface area contributed by atoms with Crippen LogP contribution in [0.25, 0.3) is 10.8 Å². The lowest BCUT2D eigenvalue weighted by Gasteiger charge is -2.29. The molecule has 0 aliphatic heterocycles. The Hall–Kier alpha value is -3.18. The van der Waals surface area contributed by atoms with Gasteiger partial charge in [-0.25, -0.2) is 13.4 Å². The van der Waals surface area contributed by atoms with Crippen molar-refractivity contribution in [2.75, 3.05) is 19.0 Å². The van der Waals surface area contributed by atoms with E-state index in [1.165, 1.54) is 12.1 Å². The number of aliphatic hydroxyl groups is 1. The van der Waals surface area contributed by atoms with Crippen LogP contribution in [0.3, 0.4) is 0 Å². The van der Waals surface area contributed by atoms with Gasteiger partial charge in [-0.1, -0.05) is 19.1 Å². The second kappa shape index (κ2) is 12.1. The fourth-order valence-electron chi connectivity index (χ4n) is 5.01. The lowest BCUT2D eigenvalue weighted by molar-refractivity contribution is -0.184. The van der Waals surface area contributed by atoms with Gasteiger partial charge in [0.05, 0.1) is 35.8 Å². The van der Waals surface area contributed by atoms with Crippen LogP contribution in [-0.2, 0) is 9.84 Å². The van der Waals surface area contributed by atoms with Crippen LogP contribution in [0.1, 0.15) is 60.3 Å². The molecule has 0 saturated heterocycles. The summed E-state index contributed by atoms with van der Waals surface area (Å²) < 4.78 is 69.0. The van der Waals surface area contributed by atoms with E-state index in [9.17, 15) is 31.5 Å². The number of nitrogens with zero attached hydrogens (tertiary/aromatic N) is 1. The number of hydrogen-bond acceptors (Lipinski definition) is 6. The molecule has 1 atom stereocenters. The molecule has 0 unspecified atom stereocenters. The molecule has 11 heteroatoms. The number of aliphatic hydroxyl groups excluding tert-OH is 1.